The SMILES string of the molecule is Cn1cc(-c2nc(C(=O)Nc3cccc(-c4ccc5c(c4)CCO5)n3)cs2)cn1. The zero-order valence-electron chi connectivity index (χ0n) is 15.6. The predicted molar refractivity (Wildman–Crippen MR) is 111 cm³/mol. The van der Waals surface area contributed by atoms with E-state index in [1.807, 2.05) is 37.5 Å². The molecule has 1 aromatic carbocycles. The van der Waals surface area contributed by atoms with E-state index in [9.17, 15) is 4.79 Å². The van der Waals surface area contributed by atoms with Crippen LogP contribution in [0.4, 0.5) is 5.82 Å². The number of pyridine rings is 1. The van der Waals surface area contributed by atoms with Gasteiger partial charge in [0.15, 0.2) is 0 Å². The van der Waals surface area contributed by atoms with Gasteiger partial charge in [0.25, 0.3) is 5.91 Å². The molecule has 1 aliphatic rings. The van der Waals surface area contributed by atoms with Crippen molar-refractivity contribution < 1.29 is 9.53 Å². The number of ether oxygens (including phenoxy) is 1. The summed E-state index contributed by atoms with van der Waals surface area (Å²) in [6, 6.07) is 11.6. The van der Waals surface area contributed by atoms with Crippen LogP contribution in [0.25, 0.3) is 21.8 Å². The van der Waals surface area contributed by atoms with Gasteiger partial charge in [-0.3, -0.25) is 9.48 Å². The summed E-state index contributed by atoms with van der Waals surface area (Å²) in [7, 11) is 1.84. The fourth-order valence-corrected chi connectivity index (χ4v) is 4.01. The maximum absolute atomic E-state index is 12.6. The minimum Gasteiger partial charge on any atom is -0.493 e. The zero-order valence-corrected chi connectivity index (χ0v) is 16.4. The molecule has 0 fully saturated rings. The Hall–Kier alpha value is -3.52. The van der Waals surface area contributed by atoms with Crippen LogP contribution in [-0.4, -0.2) is 32.3 Å². The average molecular weight is 403 g/mol. The molecule has 0 bridgehead atoms. The first-order chi connectivity index (χ1) is 14.2. The Morgan fingerprint density at radius 1 is 1.21 bits per heavy atom. The van der Waals surface area contributed by atoms with Crippen molar-refractivity contribution in [3.8, 4) is 27.6 Å². The van der Waals surface area contributed by atoms with Crippen LogP contribution in [0, 0.1) is 0 Å². The van der Waals surface area contributed by atoms with Crippen LogP contribution in [0.1, 0.15) is 16.1 Å². The summed E-state index contributed by atoms with van der Waals surface area (Å²) in [4.78, 5) is 21.6. The highest BCUT2D eigenvalue weighted by Crippen LogP contribution is 2.30. The molecule has 0 atom stereocenters. The van der Waals surface area contributed by atoms with Gasteiger partial charge in [-0.15, -0.1) is 11.3 Å². The van der Waals surface area contributed by atoms with Crippen LogP contribution < -0.4 is 10.1 Å². The molecule has 1 amide bonds. The minimum atomic E-state index is -0.289. The molecule has 1 aliphatic heterocycles. The van der Waals surface area contributed by atoms with Gasteiger partial charge in [-0.1, -0.05) is 6.07 Å². The summed E-state index contributed by atoms with van der Waals surface area (Å²) in [5.74, 6) is 1.13. The normalized spacial score (nSPS) is 12.4. The summed E-state index contributed by atoms with van der Waals surface area (Å²) < 4.78 is 7.27. The second-order valence-corrected chi connectivity index (χ2v) is 7.58. The molecule has 0 unspecified atom stereocenters. The van der Waals surface area contributed by atoms with Gasteiger partial charge in [-0.05, 0) is 35.9 Å². The second kappa shape index (κ2) is 7.14. The van der Waals surface area contributed by atoms with E-state index in [4.69, 9.17) is 4.74 Å². The van der Waals surface area contributed by atoms with Gasteiger partial charge in [-0.2, -0.15) is 5.10 Å². The van der Waals surface area contributed by atoms with Crippen molar-refractivity contribution in [1.82, 2.24) is 19.7 Å². The Morgan fingerprint density at radius 2 is 2.14 bits per heavy atom. The number of fused-ring (bicyclic) bond motifs is 1. The van der Waals surface area contributed by atoms with Crippen molar-refractivity contribution in [3.63, 3.8) is 0 Å². The summed E-state index contributed by atoms with van der Waals surface area (Å²) in [6.45, 7) is 0.719. The van der Waals surface area contributed by atoms with Crippen LogP contribution in [-0.2, 0) is 13.5 Å². The highest BCUT2D eigenvalue weighted by Gasteiger charge is 2.15. The van der Waals surface area contributed by atoms with Gasteiger partial charge in [0, 0.05) is 36.2 Å². The first-order valence-electron chi connectivity index (χ1n) is 9.15. The van der Waals surface area contributed by atoms with Gasteiger partial charge >= 0.3 is 0 Å². The predicted octanol–water partition coefficient (Wildman–Crippen LogP) is 3.79. The lowest BCUT2D eigenvalue weighted by Crippen LogP contribution is -2.13. The molecule has 5 rings (SSSR count). The highest BCUT2D eigenvalue weighted by molar-refractivity contribution is 7.13. The number of anilines is 1. The number of hydrogen-bond donors (Lipinski definition) is 1. The fraction of sp³-hybridized carbons (Fsp3) is 0.143. The summed E-state index contributed by atoms with van der Waals surface area (Å²) in [5.41, 5.74) is 4.22. The Balaban J connectivity index is 1.35. The third-order valence-corrected chi connectivity index (χ3v) is 5.56. The summed E-state index contributed by atoms with van der Waals surface area (Å²) in [5, 5.41) is 9.47. The van der Waals surface area contributed by atoms with Crippen LogP contribution in [0.3, 0.4) is 0 Å². The molecule has 29 heavy (non-hydrogen) atoms. The Bertz CT molecular complexity index is 1210. The van der Waals surface area contributed by atoms with Crippen LogP contribution in [0.15, 0.2) is 54.2 Å². The molecule has 4 aromatic rings. The average Bonchev–Trinajstić information content (AvgIpc) is 3.47. The van der Waals surface area contributed by atoms with Crippen molar-refractivity contribution >= 4 is 23.1 Å². The number of aromatic nitrogens is 4. The van der Waals surface area contributed by atoms with Crippen LogP contribution in [0.5, 0.6) is 5.75 Å². The standard InChI is InChI=1S/C21H17N5O2S/c1-26-11-15(10-22-26)21-24-17(12-29-21)20(27)25-19-4-2-3-16(23-19)13-5-6-18-14(9-13)7-8-28-18/h2-6,9-12H,7-8H2,1H3,(H,23,25,27). The molecule has 0 saturated carbocycles. The molecule has 1 N–H and O–H groups in total. The molecule has 0 spiro atoms. The molecular formula is C21H17N5O2S. The van der Waals surface area contributed by atoms with Gasteiger partial charge in [0.1, 0.15) is 22.3 Å². The fourth-order valence-electron chi connectivity index (χ4n) is 3.23. The number of nitrogens with one attached hydrogen (secondary N) is 1. The van der Waals surface area contributed by atoms with Gasteiger partial charge in [-0.25, -0.2) is 9.97 Å². The highest BCUT2D eigenvalue weighted by atomic mass is 32.1. The van der Waals surface area contributed by atoms with Crippen molar-refractivity contribution in [2.75, 3.05) is 11.9 Å². The van der Waals surface area contributed by atoms with E-state index in [-0.39, 0.29) is 5.91 Å². The lowest BCUT2D eigenvalue weighted by Gasteiger charge is -2.07. The van der Waals surface area contributed by atoms with Crippen molar-refractivity contribution in [2.45, 2.75) is 6.42 Å². The van der Waals surface area contributed by atoms with Crippen molar-refractivity contribution in [1.29, 1.82) is 0 Å². The number of rotatable bonds is 4. The maximum atomic E-state index is 12.6. The van der Waals surface area contributed by atoms with Crippen LogP contribution in [0.2, 0.25) is 0 Å². The monoisotopic (exact) mass is 403 g/mol. The Morgan fingerprint density at radius 3 is 3.00 bits per heavy atom. The third kappa shape index (κ3) is 3.50. The topological polar surface area (TPSA) is 81.9 Å². The van der Waals surface area contributed by atoms with E-state index < -0.39 is 0 Å². The van der Waals surface area contributed by atoms with Crippen molar-refractivity contribution in [3.05, 3.63) is 65.4 Å². The first-order valence-corrected chi connectivity index (χ1v) is 10.0. The van der Waals surface area contributed by atoms with Crippen molar-refractivity contribution in [2.24, 2.45) is 7.05 Å². The van der Waals surface area contributed by atoms with E-state index in [0.29, 0.717) is 11.5 Å². The third-order valence-electron chi connectivity index (χ3n) is 4.66. The van der Waals surface area contributed by atoms with Crippen LogP contribution >= 0.6 is 11.3 Å². The van der Waals surface area contributed by atoms with E-state index in [0.717, 1.165) is 40.6 Å². The number of carbonyl (C=O) groups is 1. The molecule has 4 heterocycles. The Kier molecular flexibility index (Phi) is 4.33. The van der Waals surface area contributed by atoms with E-state index in [1.165, 1.54) is 16.9 Å². The smallest absolute Gasteiger partial charge is 0.276 e. The molecule has 0 saturated heterocycles. The number of benzene rings is 1. The van der Waals surface area contributed by atoms with Gasteiger partial charge < -0.3 is 10.1 Å². The minimum absolute atomic E-state index is 0.289. The molecule has 3 aromatic heterocycles. The largest absolute Gasteiger partial charge is 0.493 e. The van der Waals surface area contributed by atoms with E-state index in [2.05, 4.69) is 26.4 Å². The lowest BCUT2D eigenvalue weighted by molar-refractivity contribution is 0.102. The molecule has 144 valence electrons. The van der Waals surface area contributed by atoms with Gasteiger partial charge in [0.05, 0.1) is 18.5 Å². The first kappa shape index (κ1) is 17.6. The zero-order chi connectivity index (χ0) is 19.8. The molecule has 0 aliphatic carbocycles. The number of amides is 1. The molecule has 8 heteroatoms. The maximum Gasteiger partial charge on any atom is 0.276 e. The molecule has 0 radical (unpaired) electrons. The molecule has 7 nitrogen and oxygen atoms in total. The lowest BCUT2D eigenvalue weighted by atomic mass is 10.1. The number of hydrogen-bond acceptors (Lipinski definition) is 6. The number of aryl methyl sites for hydroxylation is 1. The molecular weight excluding hydrogens is 386 g/mol. The van der Waals surface area contributed by atoms with Gasteiger partial charge in [0.2, 0.25) is 0 Å². The quantitative estimate of drug-likeness (QED) is 0.561. The van der Waals surface area contributed by atoms with E-state index in [1.54, 1.807) is 22.3 Å². The van der Waals surface area contributed by atoms with E-state index >= 15 is 0 Å². The number of thiazole rings is 1. The number of nitrogens with zero attached hydrogens (tertiary/aromatic N) is 4. The summed E-state index contributed by atoms with van der Waals surface area (Å²) in [6.07, 6.45) is 4.50. The summed E-state index contributed by atoms with van der Waals surface area (Å²) >= 11 is 1.41. The number of carbonyl (C=O) groups excluding carboxylic acids is 1. The second-order valence-electron chi connectivity index (χ2n) is 6.72. The Labute approximate surface area is 171 Å².